The Morgan fingerprint density at radius 1 is 1.00 bits per heavy atom. The van der Waals surface area contributed by atoms with Crippen LogP contribution in [-0.4, -0.2) is 64.1 Å². The van der Waals surface area contributed by atoms with E-state index in [-0.39, 0.29) is 0 Å². The highest BCUT2D eigenvalue weighted by molar-refractivity contribution is 5.81. The number of rotatable bonds is 5. The van der Waals surface area contributed by atoms with Gasteiger partial charge in [0.2, 0.25) is 0 Å². The highest BCUT2D eigenvalue weighted by Crippen LogP contribution is 2.16. The van der Waals surface area contributed by atoms with Crippen LogP contribution in [0.3, 0.4) is 0 Å². The maximum atomic E-state index is 4.29. The number of piperazine rings is 1. The lowest BCUT2D eigenvalue weighted by Gasteiger charge is -2.36. The largest absolute Gasteiger partial charge is 0.369 e. The number of nitrogens with one attached hydrogen (secondary N) is 2. The molecular weight excluding hydrogens is 302 g/mol. The molecule has 1 aliphatic heterocycles. The maximum Gasteiger partial charge on any atom is 0.182 e. The van der Waals surface area contributed by atoms with E-state index >= 15 is 0 Å². The molecule has 2 N–H and O–H groups in total. The smallest absolute Gasteiger partial charge is 0.182 e. The van der Waals surface area contributed by atoms with E-state index in [0.29, 0.717) is 5.65 Å². The summed E-state index contributed by atoms with van der Waals surface area (Å²) in [5, 5.41) is 3.39. The van der Waals surface area contributed by atoms with Gasteiger partial charge in [-0.15, -0.1) is 0 Å². The van der Waals surface area contributed by atoms with Crippen molar-refractivity contribution in [2.24, 2.45) is 0 Å². The van der Waals surface area contributed by atoms with E-state index in [0.717, 1.165) is 50.6 Å². The van der Waals surface area contributed by atoms with Gasteiger partial charge in [0.05, 0.1) is 6.33 Å². The van der Waals surface area contributed by atoms with E-state index in [1.54, 1.807) is 12.7 Å². The molecule has 1 saturated heterocycles. The zero-order chi connectivity index (χ0) is 16.2. The van der Waals surface area contributed by atoms with Crippen molar-refractivity contribution in [1.29, 1.82) is 0 Å². The van der Waals surface area contributed by atoms with Crippen molar-refractivity contribution >= 4 is 22.7 Å². The second-order valence-corrected chi connectivity index (χ2v) is 5.91. The Morgan fingerprint density at radius 3 is 2.67 bits per heavy atom. The van der Waals surface area contributed by atoms with Gasteiger partial charge in [-0.1, -0.05) is 18.2 Å². The van der Waals surface area contributed by atoms with Crippen LogP contribution in [0, 0.1) is 0 Å². The molecule has 0 aliphatic carbocycles. The Balaban J connectivity index is 1.27. The van der Waals surface area contributed by atoms with Crippen molar-refractivity contribution in [3.8, 4) is 0 Å². The third-order valence-corrected chi connectivity index (χ3v) is 4.44. The fraction of sp³-hybridized carbons (Fsp3) is 0.353. The van der Waals surface area contributed by atoms with Crippen molar-refractivity contribution in [1.82, 2.24) is 24.8 Å². The number of hydrogen-bond donors (Lipinski definition) is 2. The van der Waals surface area contributed by atoms with E-state index in [1.807, 2.05) is 0 Å². The fourth-order valence-electron chi connectivity index (χ4n) is 3.10. The SMILES string of the molecule is c1ccc(N2CCN(CCNc3ncnc4nc[nH]c34)CC2)cc1. The van der Waals surface area contributed by atoms with Crippen LogP contribution < -0.4 is 10.2 Å². The molecule has 24 heavy (non-hydrogen) atoms. The van der Waals surface area contributed by atoms with E-state index in [4.69, 9.17) is 0 Å². The number of aromatic amines is 1. The molecule has 0 atom stereocenters. The summed E-state index contributed by atoms with van der Waals surface area (Å²) in [6.45, 7) is 6.17. The summed E-state index contributed by atoms with van der Waals surface area (Å²) in [6.07, 6.45) is 3.19. The van der Waals surface area contributed by atoms with Crippen LogP contribution in [0.25, 0.3) is 11.2 Å². The molecule has 2 aromatic heterocycles. The predicted octanol–water partition coefficient (Wildman–Crippen LogP) is 1.59. The standard InChI is InChI=1S/C17H21N7/c1-2-4-14(5-3-1)24-10-8-23(9-11-24)7-6-18-16-15-17(20-12-19-15)22-13-21-16/h1-5,12-13H,6-11H2,(H2,18,19,20,21,22). The second-order valence-electron chi connectivity index (χ2n) is 5.91. The van der Waals surface area contributed by atoms with Crippen LogP contribution in [0.15, 0.2) is 43.0 Å². The second kappa shape index (κ2) is 6.84. The lowest BCUT2D eigenvalue weighted by atomic mass is 10.2. The molecule has 1 aromatic carbocycles. The molecule has 0 spiro atoms. The summed E-state index contributed by atoms with van der Waals surface area (Å²) in [7, 11) is 0. The van der Waals surface area contributed by atoms with E-state index in [2.05, 4.69) is 65.4 Å². The normalized spacial score (nSPS) is 15.8. The highest BCUT2D eigenvalue weighted by Gasteiger charge is 2.16. The van der Waals surface area contributed by atoms with Crippen molar-refractivity contribution < 1.29 is 0 Å². The van der Waals surface area contributed by atoms with Gasteiger partial charge in [-0.05, 0) is 12.1 Å². The summed E-state index contributed by atoms with van der Waals surface area (Å²) in [5.74, 6) is 0.820. The summed E-state index contributed by atoms with van der Waals surface area (Å²) in [6, 6.07) is 10.6. The minimum Gasteiger partial charge on any atom is -0.369 e. The Bertz CT molecular complexity index is 778. The molecule has 0 amide bonds. The molecular formula is C17H21N7. The van der Waals surface area contributed by atoms with E-state index < -0.39 is 0 Å². The Hall–Kier alpha value is -2.67. The number of imidazole rings is 1. The first-order valence-electron chi connectivity index (χ1n) is 8.30. The third-order valence-electron chi connectivity index (χ3n) is 4.44. The fourth-order valence-corrected chi connectivity index (χ4v) is 3.10. The molecule has 1 aliphatic rings. The molecule has 1 fully saturated rings. The van der Waals surface area contributed by atoms with Crippen LogP contribution in [0.4, 0.5) is 11.5 Å². The maximum absolute atomic E-state index is 4.29. The van der Waals surface area contributed by atoms with Crippen LogP contribution >= 0.6 is 0 Å². The number of para-hydroxylation sites is 1. The average Bonchev–Trinajstić information content (AvgIpc) is 3.13. The van der Waals surface area contributed by atoms with Crippen LogP contribution in [0.2, 0.25) is 0 Å². The summed E-state index contributed by atoms with van der Waals surface area (Å²) in [5.41, 5.74) is 2.88. The summed E-state index contributed by atoms with van der Waals surface area (Å²) < 4.78 is 0. The van der Waals surface area contributed by atoms with Gasteiger partial charge in [0.15, 0.2) is 11.5 Å². The molecule has 4 rings (SSSR count). The van der Waals surface area contributed by atoms with Crippen molar-refractivity contribution in [2.45, 2.75) is 0 Å². The van der Waals surface area contributed by atoms with Crippen molar-refractivity contribution in [2.75, 3.05) is 49.5 Å². The number of hydrogen-bond acceptors (Lipinski definition) is 6. The number of benzene rings is 1. The average molecular weight is 323 g/mol. The van der Waals surface area contributed by atoms with E-state index in [9.17, 15) is 0 Å². The minimum atomic E-state index is 0.698. The quantitative estimate of drug-likeness (QED) is 0.743. The van der Waals surface area contributed by atoms with Gasteiger partial charge in [-0.3, -0.25) is 4.90 Å². The zero-order valence-electron chi connectivity index (χ0n) is 13.5. The topological polar surface area (TPSA) is 73.0 Å². The Morgan fingerprint density at radius 2 is 1.83 bits per heavy atom. The molecule has 3 aromatic rings. The van der Waals surface area contributed by atoms with Crippen LogP contribution in [0.1, 0.15) is 0 Å². The first kappa shape index (κ1) is 14.9. The van der Waals surface area contributed by atoms with Gasteiger partial charge in [0.25, 0.3) is 0 Å². The molecule has 7 heteroatoms. The number of nitrogens with zero attached hydrogens (tertiary/aromatic N) is 5. The Labute approximate surface area is 140 Å². The number of H-pyrrole nitrogens is 1. The lowest BCUT2D eigenvalue weighted by Crippen LogP contribution is -2.47. The minimum absolute atomic E-state index is 0.698. The number of anilines is 2. The predicted molar refractivity (Wildman–Crippen MR) is 95.3 cm³/mol. The van der Waals surface area contributed by atoms with Gasteiger partial charge >= 0.3 is 0 Å². The van der Waals surface area contributed by atoms with Crippen LogP contribution in [-0.2, 0) is 0 Å². The molecule has 3 heterocycles. The molecule has 7 nitrogen and oxygen atoms in total. The highest BCUT2D eigenvalue weighted by atomic mass is 15.3. The van der Waals surface area contributed by atoms with Gasteiger partial charge in [0, 0.05) is 45.0 Å². The molecule has 0 radical (unpaired) electrons. The zero-order valence-corrected chi connectivity index (χ0v) is 13.5. The monoisotopic (exact) mass is 323 g/mol. The van der Waals surface area contributed by atoms with Crippen LogP contribution in [0.5, 0.6) is 0 Å². The third kappa shape index (κ3) is 3.16. The van der Waals surface area contributed by atoms with Gasteiger partial charge in [-0.2, -0.15) is 0 Å². The first-order valence-corrected chi connectivity index (χ1v) is 8.30. The molecule has 0 unspecified atom stereocenters. The van der Waals surface area contributed by atoms with Crippen molar-refractivity contribution in [3.05, 3.63) is 43.0 Å². The molecule has 0 saturated carbocycles. The lowest BCUT2D eigenvalue weighted by molar-refractivity contribution is 0.267. The number of fused-ring (bicyclic) bond motifs is 1. The summed E-state index contributed by atoms with van der Waals surface area (Å²) >= 11 is 0. The summed E-state index contributed by atoms with van der Waals surface area (Å²) in [4.78, 5) is 20.6. The van der Waals surface area contributed by atoms with Crippen molar-refractivity contribution in [3.63, 3.8) is 0 Å². The van der Waals surface area contributed by atoms with Gasteiger partial charge in [-0.25, -0.2) is 15.0 Å². The van der Waals surface area contributed by atoms with E-state index in [1.165, 1.54) is 5.69 Å². The Kier molecular flexibility index (Phi) is 4.24. The van der Waals surface area contributed by atoms with Gasteiger partial charge in [0.1, 0.15) is 11.8 Å². The van der Waals surface area contributed by atoms with Gasteiger partial charge < -0.3 is 15.2 Å². The molecule has 0 bridgehead atoms. The number of aromatic nitrogens is 4. The molecule has 124 valence electrons. The first-order chi connectivity index (χ1) is 11.9.